The molecule has 9 heteroatoms. The summed E-state index contributed by atoms with van der Waals surface area (Å²) in [6, 6.07) is 33.1. The number of carbonyl (C=O) groups excluding carboxylic acids is 1. The van der Waals surface area contributed by atoms with E-state index in [0.717, 1.165) is 11.1 Å². The Morgan fingerprint density at radius 1 is 0.844 bits per heavy atom. The highest BCUT2D eigenvalue weighted by Crippen LogP contribution is 2.31. The van der Waals surface area contributed by atoms with Crippen LogP contribution in [0.2, 0.25) is 0 Å². The number of thiazole rings is 1. The van der Waals surface area contributed by atoms with Gasteiger partial charge in [-0.15, -0.1) is 0 Å². The van der Waals surface area contributed by atoms with Gasteiger partial charge in [-0.2, -0.15) is 0 Å². The molecule has 0 fully saturated rings. The van der Waals surface area contributed by atoms with Crippen LogP contribution in [0.1, 0.15) is 24.1 Å². The van der Waals surface area contributed by atoms with Gasteiger partial charge >= 0.3 is 0 Å². The minimum absolute atomic E-state index is 0.237. The van der Waals surface area contributed by atoms with E-state index >= 15 is 0 Å². The quantitative estimate of drug-likeness (QED) is 0.214. The van der Waals surface area contributed by atoms with Crippen molar-refractivity contribution in [2.45, 2.75) is 13.0 Å². The van der Waals surface area contributed by atoms with E-state index in [1.54, 1.807) is 11.7 Å². The van der Waals surface area contributed by atoms with Crippen LogP contribution in [0.15, 0.2) is 130 Å². The first-order valence-corrected chi connectivity index (χ1v) is 15.3. The Morgan fingerprint density at radius 2 is 1.44 bits per heavy atom. The number of aromatic nitrogens is 1. The number of methoxy groups -OCH3 is 1. The van der Waals surface area contributed by atoms with Crippen molar-refractivity contribution in [2.75, 3.05) is 25.6 Å². The van der Waals surface area contributed by atoms with E-state index in [-0.39, 0.29) is 18.1 Å². The molecule has 1 aliphatic rings. The summed E-state index contributed by atoms with van der Waals surface area (Å²) >= 11 is 1.28. The minimum atomic E-state index is -0.646. The number of fused-ring (bicyclic) bond motifs is 1. The lowest BCUT2D eigenvalue weighted by Crippen LogP contribution is -2.40. The van der Waals surface area contributed by atoms with Crippen molar-refractivity contribution in [3.05, 3.63) is 151 Å². The molecule has 1 aliphatic heterocycles. The molecule has 0 saturated heterocycles. The van der Waals surface area contributed by atoms with Crippen LogP contribution in [-0.4, -0.2) is 30.8 Å². The molecule has 0 spiro atoms. The number of nitrogens with zero attached hydrogens (tertiary/aromatic N) is 2. The highest BCUT2D eigenvalue weighted by molar-refractivity contribution is 7.07. The topological polar surface area (TPSA) is 91.2 Å². The van der Waals surface area contributed by atoms with Crippen molar-refractivity contribution in [1.29, 1.82) is 0 Å². The first-order chi connectivity index (χ1) is 22.0. The predicted octanol–water partition coefficient (Wildman–Crippen LogP) is 5.34. The van der Waals surface area contributed by atoms with Gasteiger partial charge in [-0.05, 0) is 48.9 Å². The van der Waals surface area contributed by atoms with Crippen LogP contribution >= 0.6 is 11.3 Å². The summed E-state index contributed by atoms with van der Waals surface area (Å²) in [6.45, 7) is 2.40. The molecule has 226 valence electrons. The highest BCUT2D eigenvalue weighted by atomic mass is 32.1. The Morgan fingerprint density at radius 3 is 2.16 bits per heavy atom. The van der Waals surface area contributed by atoms with Crippen molar-refractivity contribution >= 4 is 29.0 Å². The van der Waals surface area contributed by atoms with Crippen molar-refractivity contribution < 1.29 is 19.0 Å². The molecule has 8 nitrogen and oxygen atoms in total. The summed E-state index contributed by atoms with van der Waals surface area (Å²) in [4.78, 5) is 33.0. The second-order valence-electron chi connectivity index (χ2n) is 10.2. The SMILES string of the molecule is COc1ccccc1OCCOc1ccccc1C=c1sc2n(c1=O)[C@@H](c1ccccc1)C(C(=O)Nc1ccccc1)=C(C)N=2. The third kappa shape index (κ3) is 6.44. The maximum absolute atomic E-state index is 14.1. The average Bonchev–Trinajstić information content (AvgIpc) is 3.37. The van der Waals surface area contributed by atoms with E-state index in [4.69, 9.17) is 19.2 Å². The standard InChI is InChI=1S/C36H31N3O5S/c1-24-32(34(40)38-27-16-7-4-8-17-27)33(25-13-5-3-6-14-25)39-35(41)31(45-36(39)37-24)23-26-15-9-10-18-28(26)43-21-22-44-30-20-12-11-19-29(30)42-2/h3-20,23,33H,21-22H2,1-2H3,(H,38,40)/t33-/m0/s1. The molecule has 1 aromatic heterocycles. The van der Waals surface area contributed by atoms with Gasteiger partial charge in [-0.1, -0.05) is 90.2 Å². The number of allylic oxidation sites excluding steroid dienone is 1. The highest BCUT2D eigenvalue weighted by Gasteiger charge is 2.32. The molecular formula is C36H31N3O5S. The third-order valence-electron chi connectivity index (χ3n) is 7.29. The zero-order chi connectivity index (χ0) is 31.2. The molecule has 2 heterocycles. The zero-order valence-electron chi connectivity index (χ0n) is 24.8. The van der Waals surface area contributed by atoms with E-state index in [9.17, 15) is 9.59 Å². The lowest BCUT2D eigenvalue weighted by molar-refractivity contribution is -0.113. The fourth-order valence-corrected chi connectivity index (χ4v) is 6.23. The normalized spacial score (nSPS) is 14.4. The third-order valence-corrected chi connectivity index (χ3v) is 8.27. The lowest BCUT2D eigenvalue weighted by atomic mass is 9.95. The van der Waals surface area contributed by atoms with Gasteiger partial charge in [-0.3, -0.25) is 14.2 Å². The number of anilines is 1. The van der Waals surface area contributed by atoms with Crippen LogP contribution in [0, 0.1) is 0 Å². The summed E-state index contributed by atoms with van der Waals surface area (Å²) in [5, 5.41) is 2.98. The maximum Gasteiger partial charge on any atom is 0.271 e. The molecule has 0 bridgehead atoms. The Kier molecular flexibility index (Phi) is 8.89. The number of para-hydroxylation sites is 4. The monoisotopic (exact) mass is 617 g/mol. The summed E-state index contributed by atoms with van der Waals surface area (Å²) in [6.07, 6.45) is 1.81. The van der Waals surface area contributed by atoms with E-state index in [1.165, 1.54) is 11.3 Å². The number of hydrogen-bond acceptors (Lipinski definition) is 7. The Hall–Kier alpha value is -5.41. The molecule has 4 aromatic carbocycles. The van der Waals surface area contributed by atoms with E-state index < -0.39 is 6.04 Å². The van der Waals surface area contributed by atoms with Gasteiger partial charge in [0, 0.05) is 11.3 Å². The largest absolute Gasteiger partial charge is 0.493 e. The molecule has 1 amide bonds. The molecule has 1 atom stereocenters. The number of ether oxygens (including phenoxy) is 3. The molecule has 0 saturated carbocycles. The Balaban J connectivity index is 1.31. The molecule has 1 N–H and O–H groups in total. The minimum Gasteiger partial charge on any atom is -0.493 e. The Labute approximate surface area is 264 Å². The van der Waals surface area contributed by atoms with Crippen LogP contribution in [0.4, 0.5) is 5.69 Å². The summed E-state index contributed by atoms with van der Waals surface area (Å²) in [5.41, 5.74) is 2.97. The van der Waals surface area contributed by atoms with Crippen LogP contribution < -0.4 is 34.4 Å². The Bertz CT molecular complexity index is 2030. The van der Waals surface area contributed by atoms with Crippen molar-refractivity contribution in [1.82, 2.24) is 4.57 Å². The lowest BCUT2D eigenvalue weighted by Gasteiger charge is -2.25. The van der Waals surface area contributed by atoms with Crippen LogP contribution in [0.25, 0.3) is 6.08 Å². The van der Waals surface area contributed by atoms with Gasteiger partial charge in [0.15, 0.2) is 16.3 Å². The van der Waals surface area contributed by atoms with Gasteiger partial charge in [0.05, 0.1) is 29.0 Å². The van der Waals surface area contributed by atoms with E-state index in [2.05, 4.69) is 5.32 Å². The number of hydrogen-bond donors (Lipinski definition) is 1. The van der Waals surface area contributed by atoms with Gasteiger partial charge < -0.3 is 19.5 Å². The molecule has 0 radical (unpaired) electrons. The smallest absolute Gasteiger partial charge is 0.271 e. The average molecular weight is 618 g/mol. The van der Waals surface area contributed by atoms with Crippen LogP contribution in [0.5, 0.6) is 17.2 Å². The number of amides is 1. The number of benzene rings is 4. The number of rotatable bonds is 10. The van der Waals surface area contributed by atoms with Crippen molar-refractivity contribution in [3.8, 4) is 17.2 Å². The second-order valence-corrected chi connectivity index (χ2v) is 11.2. The molecule has 5 aromatic rings. The van der Waals surface area contributed by atoms with Gasteiger partial charge in [0.2, 0.25) is 0 Å². The first kappa shape index (κ1) is 29.7. The van der Waals surface area contributed by atoms with Gasteiger partial charge in [-0.25, -0.2) is 4.99 Å². The number of carbonyl (C=O) groups is 1. The maximum atomic E-state index is 14.1. The van der Waals surface area contributed by atoms with E-state index in [1.807, 2.05) is 122 Å². The summed E-state index contributed by atoms with van der Waals surface area (Å²) in [5.74, 6) is 1.60. The molecule has 45 heavy (non-hydrogen) atoms. The summed E-state index contributed by atoms with van der Waals surface area (Å²) < 4.78 is 19.4. The molecule has 6 rings (SSSR count). The predicted molar refractivity (Wildman–Crippen MR) is 176 cm³/mol. The van der Waals surface area contributed by atoms with Gasteiger partial charge in [0.1, 0.15) is 19.0 Å². The second kappa shape index (κ2) is 13.5. The van der Waals surface area contributed by atoms with Crippen molar-refractivity contribution in [2.24, 2.45) is 4.99 Å². The van der Waals surface area contributed by atoms with Crippen molar-refractivity contribution in [3.63, 3.8) is 0 Å². The van der Waals surface area contributed by atoms with Gasteiger partial charge in [0.25, 0.3) is 11.5 Å². The number of nitrogens with one attached hydrogen (secondary N) is 1. The molecule has 0 aliphatic carbocycles. The molecule has 0 unspecified atom stereocenters. The fraction of sp³-hybridized carbons (Fsp3) is 0.139. The molecular weight excluding hydrogens is 586 g/mol. The zero-order valence-corrected chi connectivity index (χ0v) is 25.6. The van der Waals surface area contributed by atoms with Crippen LogP contribution in [0.3, 0.4) is 0 Å². The van der Waals surface area contributed by atoms with Crippen LogP contribution in [-0.2, 0) is 4.79 Å². The first-order valence-electron chi connectivity index (χ1n) is 14.4. The van der Waals surface area contributed by atoms with E-state index in [0.29, 0.717) is 50.1 Å². The fourth-order valence-electron chi connectivity index (χ4n) is 5.20. The summed E-state index contributed by atoms with van der Waals surface area (Å²) in [7, 11) is 1.60.